The number of allylic oxidation sites excluding steroid dienone is 5. The number of phosphoric acid groups is 1. The smallest absolute Gasteiger partial charge is 0.472 e. The molecule has 4 atom stereocenters. The summed E-state index contributed by atoms with van der Waals surface area (Å²) < 4.78 is 40.5. The van der Waals surface area contributed by atoms with Gasteiger partial charge in [0.15, 0.2) is 6.10 Å². The second kappa shape index (κ2) is 35.2. The number of hydrogen-bond donors (Lipinski definition) is 1. The first-order valence-electron chi connectivity index (χ1n) is 22.5. The fourth-order valence-electron chi connectivity index (χ4n) is 6.16. The Bertz CT molecular complexity index is 1100. The van der Waals surface area contributed by atoms with Gasteiger partial charge >= 0.3 is 13.8 Å². The molecule has 0 radical (unpaired) electrons. The molecule has 0 aromatic carbocycles. The molecule has 9 nitrogen and oxygen atoms in total. The molecule has 1 aliphatic rings. The van der Waals surface area contributed by atoms with Crippen molar-refractivity contribution >= 4 is 13.8 Å². The minimum absolute atomic E-state index is 0.0782. The highest BCUT2D eigenvalue weighted by Crippen LogP contribution is 2.43. The molecule has 1 saturated heterocycles. The number of carbonyl (C=O) groups is 1. The Morgan fingerprint density at radius 3 is 1.79 bits per heavy atom. The largest absolute Gasteiger partial charge is 0.492 e. The van der Waals surface area contributed by atoms with Gasteiger partial charge in [-0.05, 0) is 63.9 Å². The highest BCUT2D eigenvalue weighted by molar-refractivity contribution is 7.47. The van der Waals surface area contributed by atoms with E-state index in [1.54, 1.807) is 6.26 Å². The Balaban J connectivity index is 2.28. The lowest BCUT2D eigenvalue weighted by atomic mass is 10.0. The predicted molar refractivity (Wildman–Crippen MR) is 232 cm³/mol. The predicted octanol–water partition coefficient (Wildman–Crippen LogP) is 12.5. The topological polar surface area (TPSA) is 104 Å². The van der Waals surface area contributed by atoms with Crippen LogP contribution < -0.4 is 0 Å². The molecule has 0 aromatic heterocycles. The Hall–Kier alpha value is -1.74. The van der Waals surface area contributed by atoms with Crippen LogP contribution in [0.4, 0.5) is 0 Å². The van der Waals surface area contributed by atoms with Gasteiger partial charge in [-0.15, -0.1) is 0 Å². The van der Waals surface area contributed by atoms with Crippen LogP contribution >= 0.6 is 7.82 Å². The van der Waals surface area contributed by atoms with Gasteiger partial charge in [-0.1, -0.05) is 147 Å². The highest BCUT2D eigenvalue weighted by atomic mass is 31.2. The molecule has 1 fully saturated rings. The average molecular weight is 811 g/mol. The second-order valence-corrected chi connectivity index (χ2v) is 18.0. The van der Waals surface area contributed by atoms with Crippen LogP contribution in [-0.4, -0.2) is 81.2 Å². The summed E-state index contributed by atoms with van der Waals surface area (Å²) in [5, 5.41) is 0. The maximum absolute atomic E-state index is 12.5. The van der Waals surface area contributed by atoms with E-state index in [1.807, 2.05) is 27.2 Å². The SMILES string of the molecule is CCCCC/C=C\CC1OC1C/C=C\C/C=C\CCCC(=O)OC[C@H](COP(=O)(O)OCC[N+](C)(C)C)O/C=C/CCCCCCCCCCCCCCCC. The molecule has 0 spiro atoms. The van der Waals surface area contributed by atoms with E-state index in [9.17, 15) is 14.3 Å². The lowest BCUT2D eigenvalue weighted by Crippen LogP contribution is -2.37. The third kappa shape index (κ3) is 35.4. The number of nitrogens with zero attached hydrogens (tertiary/aromatic N) is 1. The number of quaternary nitrogens is 1. The van der Waals surface area contributed by atoms with Gasteiger partial charge in [0.25, 0.3) is 0 Å². The van der Waals surface area contributed by atoms with Crippen LogP contribution in [0.5, 0.6) is 0 Å². The molecular formula is C46H85NO8P+. The Morgan fingerprint density at radius 1 is 0.661 bits per heavy atom. The number of esters is 1. The minimum atomic E-state index is -4.28. The third-order valence-electron chi connectivity index (χ3n) is 9.88. The lowest BCUT2D eigenvalue weighted by Gasteiger charge is -2.24. The molecule has 0 bridgehead atoms. The van der Waals surface area contributed by atoms with Gasteiger partial charge < -0.3 is 23.6 Å². The van der Waals surface area contributed by atoms with Gasteiger partial charge in [-0.2, -0.15) is 0 Å². The standard InChI is InChI=1S/C46H84NO8P/c1-6-8-10-12-14-15-16-17-18-19-20-21-22-26-30-34-39-51-43(42-54-56(49,50)53-40-38-47(3,4)5)41-52-46(48)37-33-29-25-23-24-28-32-36-45-44(55-45)35-31-27-13-11-9-7-2/h23,25,27-28,31-32,34,39,43-45H,6-22,24,26,29-30,33,35-38,40-42H2,1-5H3/p+1/b25-23-,31-27-,32-28-,39-34+/t43-,44?,45?/m1/s1. The molecule has 1 N–H and O–H groups in total. The van der Waals surface area contributed by atoms with E-state index in [0.29, 0.717) is 29.7 Å². The molecule has 0 amide bonds. The normalized spacial score (nSPS) is 17.8. The fraction of sp³-hybridized carbons (Fsp3) is 0.804. The van der Waals surface area contributed by atoms with Crippen LogP contribution in [0.2, 0.25) is 0 Å². The van der Waals surface area contributed by atoms with Crippen molar-refractivity contribution in [1.82, 2.24) is 0 Å². The van der Waals surface area contributed by atoms with E-state index in [2.05, 4.69) is 50.3 Å². The Kier molecular flexibility index (Phi) is 32.9. The van der Waals surface area contributed by atoms with Crippen molar-refractivity contribution in [2.45, 2.75) is 193 Å². The van der Waals surface area contributed by atoms with Crippen LogP contribution in [0.25, 0.3) is 0 Å². The zero-order chi connectivity index (χ0) is 41.0. The number of hydrogen-bond acceptors (Lipinski definition) is 7. The third-order valence-corrected chi connectivity index (χ3v) is 10.9. The summed E-state index contributed by atoms with van der Waals surface area (Å²) in [6.07, 6.45) is 45.7. The molecule has 56 heavy (non-hydrogen) atoms. The van der Waals surface area contributed by atoms with E-state index in [1.165, 1.54) is 109 Å². The number of carbonyl (C=O) groups excluding carboxylic acids is 1. The summed E-state index contributed by atoms with van der Waals surface area (Å²) in [7, 11) is 1.64. The second-order valence-electron chi connectivity index (χ2n) is 16.5. The van der Waals surface area contributed by atoms with Crippen molar-refractivity contribution in [2.24, 2.45) is 0 Å². The number of epoxide rings is 1. The first kappa shape index (κ1) is 52.3. The van der Waals surface area contributed by atoms with Crippen molar-refractivity contribution in [3.63, 3.8) is 0 Å². The maximum Gasteiger partial charge on any atom is 0.472 e. The summed E-state index contributed by atoms with van der Waals surface area (Å²) in [6.45, 7) is 4.80. The van der Waals surface area contributed by atoms with E-state index < -0.39 is 13.9 Å². The number of likely N-dealkylation sites (N-methyl/N-ethyl adjacent to an activating group) is 1. The Morgan fingerprint density at radius 2 is 1.16 bits per heavy atom. The molecule has 1 aliphatic heterocycles. The first-order chi connectivity index (χ1) is 27.1. The van der Waals surface area contributed by atoms with Crippen LogP contribution in [-0.2, 0) is 32.6 Å². The zero-order valence-corrected chi connectivity index (χ0v) is 37.5. The van der Waals surface area contributed by atoms with Crippen molar-refractivity contribution < 1.29 is 42.0 Å². The van der Waals surface area contributed by atoms with Gasteiger partial charge in [0.1, 0.15) is 19.8 Å². The molecule has 326 valence electrons. The van der Waals surface area contributed by atoms with E-state index >= 15 is 0 Å². The van der Waals surface area contributed by atoms with Gasteiger partial charge in [0, 0.05) is 6.42 Å². The van der Waals surface area contributed by atoms with Gasteiger partial charge in [-0.3, -0.25) is 13.8 Å². The van der Waals surface area contributed by atoms with Crippen molar-refractivity contribution in [3.8, 4) is 0 Å². The summed E-state index contributed by atoms with van der Waals surface area (Å²) in [5.41, 5.74) is 0. The van der Waals surface area contributed by atoms with E-state index in [0.717, 1.165) is 38.5 Å². The summed E-state index contributed by atoms with van der Waals surface area (Å²) in [6, 6.07) is 0. The van der Waals surface area contributed by atoms with Crippen LogP contribution in [0.1, 0.15) is 174 Å². The molecule has 3 unspecified atom stereocenters. The summed E-state index contributed by atoms with van der Waals surface area (Å²) in [5.74, 6) is -0.334. The van der Waals surface area contributed by atoms with Gasteiger partial charge in [-0.25, -0.2) is 4.57 Å². The molecule has 10 heteroatoms. The molecule has 0 saturated carbocycles. The minimum Gasteiger partial charge on any atom is -0.492 e. The van der Waals surface area contributed by atoms with E-state index in [4.69, 9.17) is 23.3 Å². The quantitative estimate of drug-likeness (QED) is 0.0124. The first-order valence-corrected chi connectivity index (χ1v) is 24.0. The summed E-state index contributed by atoms with van der Waals surface area (Å²) >= 11 is 0. The lowest BCUT2D eigenvalue weighted by molar-refractivity contribution is -0.870. The number of phosphoric ester groups is 1. The number of unbranched alkanes of at least 4 members (excludes halogenated alkanes) is 18. The molecular weight excluding hydrogens is 725 g/mol. The maximum atomic E-state index is 12.5. The molecule has 0 aromatic rings. The number of ether oxygens (including phenoxy) is 3. The van der Waals surface area contributed by atoms with Gasteiger partial charge in [0.2, 0.25) is 0 Å². The van der Waals surface area contributed by atoms with Crippen LogP contribution in [0.3, 0.4) is 0 Å². The summed E-state index contributed by atoms with van der Waals surface area (Å²) in [4.78, 5) is 22.7. The van der Waals surface area contributed by atoms with Crippen molar-refractivity contribution in [2.75, 3.05) is 47.5 Å². The van der Waals surface area contributed by atoms with E-state index in [-0.39, 0.29) is 32.2 Å². The highest BCUT2D eigenvalue weighted by Gasteiger charge is 2.36. The molecule has 0 aliphatic carbocycles. The Labute approximate surface area is 343 Å². The monoisotopic (exact) mass is 811 g/mol. The van der Waals surface area contributed by atoms with Crippen LogP contribution in [0, 0.1) is 0 Å². The number of rotatable bonds is 40. The zero-order valence-electron chi connectivity index (χ0n) is 36.6. The average Bonchev–Trinajstić information content (AvgIpc) is 3.91. The fourth-order valence-corrected chi connectivity index (χ4v) is 6.90. The molecule has 1 heterocycles. The van der Waals surface area contributed by atoms with Crippen molar-refractivity contribution in [3.05, 3.63) is 48.8 Å². The molecule has 1 rings (SSSR count). The van der Waals surface area contributed by atoms with Gasteiger partial charge in [0.05, 0.1) is 46.2 Å². The van der Waals surface area contributed by atoms with Crippen LogP contribution in [0.15, 0.2) is 48.8 Å². The van der Waals surface area contributed by atoms with Crippen molar-refractivity contribution in [1.29, 1.82) is 0 Å².